The Balaban J connectivity index is 1.05. The molecular formula is C61H36N4S. The predicted molar refractivity (Wildman–Crippen MR) is 279 cm³/mol. The molecule has 3 aromatic heterocycles. The van der Waals surface area contributed by atoms with E-state index in [0.717, 1.165) is 55.3 Å². The first kappa shape index (κ1) is 36.9. The zero-order valence-electron chi connectivity index (χ0n) is 35.5. The standard InChI is InChI=1S/C61H36N4S/c1-3-14-40-31-45(23-21-37(40)11-1)59-62-60(46-24-22-38-12-2-4-15-41(38)32-46)64-61(63-59)51-29-27-47(36-52(51)44-25-28-50-49-19-9-10-20-56(49)66-57(50)35-44)65-54-30-26-39-13-7-8-18-48(39)58(54)53-33-42-16-5-6-17-43(42)34-55(53)65/h1-36H. The van der Waals surface area contributed by atoms with Crippen LogP contribution in [0.15, 0.2) is 218 Å². The molecule has 0 N–H and O–H groups in total. The molecule has 66 heavy (non-hydrogen) atoms. The highest BCUT2D eigenvalue weighted by Crippen LogP contribution is 2.43. The van der Waals surface area contributed by atoms with E-state index in [2.05, 4.69) is 223 Å². The third-order valence-electron chi connectivity index (χ3n) is 13.4. The van der Waals surface area contributed by atoms with Gasteiger partial charge in [0.25, 0.3) is 0 Å². The fourth-order valence-corrected chi connectivity index (χ4v) is 11.3. The zero-order valence-corrected chi connectivity index (χ0v) is 36.3. The first-order chi connectivity index (χ1) is 32.7. The minimum absolute atomic E-state index is 0.619. The van der Waals surface area contributed by atoms with E-state index in [0.29, 0.717) is 17.5 Å². The van der Waals surface area contributed by atoms with Gasteiger partial charge in [-0.05, 0) is 115 Å². The topological polar surface area (TPSA) is 43.6 Å². The minimum Gasteiger partial charge on any atom is -0.309 e. The van der Waals surface area contributed by atoms with Gasteiger partial charge in [0.2, 0.25) is 0 Å². The van der Waals surface area contributed by atoms with Crippen molar-refractivity contribution in [2.75, 3.05) is 0 Å². The maximum atomic E-state index is 5.39. The molecule has 0 fully saturated rings. The van der Waals surface area contributed by atoms with Gasteiger partial charge < -0.3 is 4.57 Å². The lowest BCUT2D eigenvalue weighted by Crippen LogP contribution is -2.02. The Labute approximate surface area is 383 Å². The fourth-order valence-electron chi connectivity index (χ4n) is 10.2. The van der Waals surface area contributed by atoms with Crippen molar-refractivity contribution >= 4 is 96.4 Å². The van der Waals surface area contributed by atoms with Crippen LogP contribution in [0.4, 0.5) is 0 Å². The molecule has 4 nitrogen and oxygen atoms in total. The van der Waals surface area contributed by atoms with Crippen molar-refractivity contribution in [2.24, 2.45) is 0 Å². The van der Waals surface area contributed by atoms with Crippen LogP contribution in [0.25, 0.3) is 136 Å². The molecule has 0 atom stereocenters. The first-order valence-corrected chi connectivity index (χ1v) is 23.1. The van der Waals surface area contributed by atoms with E-state index in [9.17, 15) is 0 Å². The largest absolute Gasteiger partial charge is 0.309 e. The molecule has 14 aromatic rings. The molecule has 0 unspecified atom stereocenters. The van der Waals surface area contributed by atoms with Crippen molar-refractivity contribution < 1.29 is 0 Å². The molecule has 0 radical (unpaired) electrons. The molecule has 0 bridgehead atoms. The van der Waals surface area contributed by atoms with Gasteiger partial charge >= 0.3 is 0 Å². The van der Waals surface area contributed by atoms with Gasteiger partial charge in [-0.3, -0.25) is 0 Å². The quantitative estimate of drug-likeness (QED) is 0.173. The van der Waals surface area contributed by atoms with Crippen molar-refractivity contribution in [1.82, 2.24) is 19.5 Å². The second-order valence-electron chi connectivity index (χ2n) is 17.2. The van der Waals surface area contributed by atoms with E-state index in [1.165, 1.54) is 63.3 Å². The molecule has 0 amide bonds. The zero-order chi connectivity index (χ0) is 43.3. The molecule has 0 spiro atoms. The van der Waals surface area contributed by atoms with Crippen LogP contribution in [-0.4, -0.2) is 19.5 Å². The van der Waals surface area contributed by atoms with Crippen LogP contribution in [-0.2, 0) is 0 Å². The number of hydrogen-bond donors (Lipinski definition) is 0. The lowest BCUT2D eigenvalue weighted by Gasteiger charge is -2.16. The minimum atomic E-state index is 0.619. The van der Waals surface area contributed by atoms with Crippen molar-refractivity contribution in [1.29, 1.82) is 0 Å². The molecule has 306 valence electrons. The van der Waals surface area contributed by atoms with Crippen LogP contribution in [0.5, 0.6) is 0 Å². The maximum Gasteiger partial charge on any atom is 0.164 e. The van der Waals surface area contributed by atoms with E-state index in [4.69, 9.17) is 15.0 Å². The molecule has 0 saturated carbocycles. The maximum absolute atomic E-state index is 5.39. The summed E-state index contributed by atoms with van der Waals surface area (Å²) in [7, 11) is 0. The summed E-state index contributed by atoms with van der Waals surface area (Å²) in [6.07, 6.45) is 0. The molecule has 14 rings (SSSR count). The van der Waals surface area contributed by atoms with E-state index in [1.54, 1.807) is 0 Å². The van der Waals surface area contributed by atoms with Crippen LogP contribution in [0, 0.1) is 0 Å². The van der Waals surface area contributed by atoms with Gasteiger partial charge in [0.1, 0.15) is 0 Å². The van der Waals surface area contributed by atoms with E-state index in [1.807, 2.05) is 11.3 Å². The van der Waals surface area contributed by atoms with Crippen LogP contribution >= 0.6 is 11.3 Å². The van der Waals surface area contributed by atoms with E-state index >= 15 is 0 Å². The Morgan fingerprint density at radius 3 is 1.56 bits per heavy atom. The Hall–Kier alpha value is -8.51. The van der Waals surface area contributed by atoms with Crippen molar-refractivity contribution in [2.45, 2.75) is 0 Å². The highest BCUT2D eigenvalue weighted by molar-refractivity contribution is 7.25. The van der Waals surface area contributed by atoms with Gasteiger partial charge in [0, 0.05) is 53.3 Å². The smallest absolute Gasteiger partial charge is 0.164 e. The normalized spacial score (nSPS) is 11.9. The number of hydrogen-bond acceptors (Lipinski definition) is 4. The summed E-state index contributed by atoms with van der Waals surface area (Å²) < 4.78 is 4.97. The van der Waals surface area contributed by atoms with Crippen LogP contribution in [0.1, 0.15) is 0 Å². The number of nitrogens with zero attached hydrogens (tertiary/aromatic N) is 4. The molecule has 3 heterocycles. The van der Waals surface area contributed by atoms with Gasteiger partial charge in [0.05, 0.1) is 11.0 Å². The third-order valence-corrected chi connectivity index (χ3v) is 14.5. The first-order valence-electron chi connectivity index (χ1n) is 22.3. The highest BCUT2D eigenvalue weighted by atomic mass is 32.1. The summed E-state index contributed by atoms with van der Waals surface area (Å²) in [5, 5.41) is 14.5. The molecule has 0 aliphatic heterocycles. The highest BCUT2D eigenvalue weighted by Gasteiger charge is 2.21. The van der Waals surface area contributed by atoms with Crippen molar-refractivity contribution in [3.8, 4) is 51.0 Å². The SMILES string of the molecule is c1ccc2cc(-c3nc(-c4ccc5ccccc5c4)nc(-c4ccc(-n5c6cc7ccccc7cc6c6c7ccccc7ccc65)cc4-c4ccc5c(c4)sc4ccccc45)n3)ccc2c1. The average molecular weight is 857 g/mol. The number of fused-ring (bicyclic) bond motifs is 11. The van der Waals surface area contributed by atoms with Gasteiger partial charge in [-0.15, -0.1) is 11.3 Å². The van der Waals surface area contributed by atoms with Gasteiger partial charge in [-0.2, -0.15) is 0 Å². The van der Waals surface area contributed by atoms with Gasteiger partial charge in [-0.1, -0.05) is 158 Å². The van der Waals surface area contributed by atoms with Crippen molar-refractivity contribution in [3.63, 3.8) is 0 Å². The van der Waals surface area contributed by atoms with Crippen molar-refractivity contribution in [3.05, 3.63) is 218 Å². The summed E-state index contributed by atoms with van der Waals surface area (Å²) in [6.45, 7) is 0. The van der Waals surface area contributed by atoms with Gasteiger partial charge in [-0.25, -0.2) is 15.0 Å². The third kappa shape index (κ3) is 5.87. The Morgan fingerprint density at radius 1 is 0.303 bits per heavy atom. The second-order valence-corrected chi connectivity index (χ2v) is 18.3. The summed E-state index contributed by atoms with van der Waals surface area (Å²) in [4.78, 5) is 16.0. The van der Waals surface area contributed by atoms with E-state index < -0.39 is 0 Å². The Kier molecular flexibility index (Phi) is 8.12. The predicted octanol–water partition coefficient (Wildman–Crippen LogP) is 16.6. The van der Waals surface area contributed by atoms with E-state index in [-0.39, 0.29) is 0 Å². The monoisotopic (exact) mass is 856 g/mol. The van der Waals surface area contributed by atoms with Crippen LogP contribution in [0.3, 0.4) is 0 Å². The number of aromatic nitrogens is 4. The lowest BCUT2D eigenvalue weighted by molar-refractivity contribution is 1.07. The molecule has 0 aliphatic carbocycles. The molecular weight excluding hydrogens is 821 g/mol. The number of rotatable bonds is 5. The Bertz CT molecular complexity index is 4210. The summed E-state index contributed by atoms with van der Waals surface area (Å²) in [5.41, 5.74) is 8.34. The molecule has 11 aromatic carbocycles. The summed E-state index contributed by atoms with van der Waals surface area (Å²) >= 11 is 1.83. The summed E-state index contributed by atoms with van der Waals surface area (Å²) in [6, 6.07) is 78.9. The molecule has 0 saturated heterocycles. The average Bonchev–Trinajstić information content (AvgIpc) is 3.92. The Morgan fingerprint density at radius 2 is 0.848 bits per heavy atom. The number of thiophene rings is 1. The van der Waals surface area contributed by atoms with Gasteiger partial charge in [0.15, 0.2) is 17.5 Å². The summed E-state index contributed by atoms with van der Waals surface area (Å²) in [5.74, 6) is 1.88. The van der Waals surface area contributed by atoms with Crippen LogP contribution < -0.4 is 0 Å². The lowest BCUT2D eigenvalue weighted by atomic mass is 9.97. The molecule has 0 aliphatic rings. The van der Waals surface area contributed by atoms with Crippen LogP contribution in [0.2, 0.25) is 0 Å². The second kappa shape index (κ2) is 14.5. The number of benzene rings is 11. The molecule has 5 heteroatoms. The fraction of sp³-hybridized carbons (Fsp3) is 0.